The number of methoxy groups -OCH3 is 1. The van der Waals surface area contributed by atoms with Gasteiger partial charge >= 0.3 is 16.7 Å². The fourth-order valence-electron chi connectivity index (χ4n) is 3.21. The molecular weight excluding hydrogens is 413 g/mol. The summed E-state index contributed by atoms with van der Waals surface area (Å²) in [7, 11) is -2.81. The van der Waals surface area contributed by atoms with Gasteiger partial charge in [-0.3, -0.25) is 4.90 Å². The van der Waals surface area contributed by atoms with Gasteiger partial charge in [-0.25, -0.2) is 0 Å². The summed E-state index contributed by atoms with van der Waals surface area (Å²) in [5.41, 5.74) is 2.46. The summed E-state index contributed by atoms with van der Waals surface area (Å²) < 4.78 is 73.6. The van der Waals surface area contributed by atoms with E-state index in [1.807, 2.05) is 0 Å². The number of rotatable bonds is 6. The van der Waals surface area contributed by atoms with Crippen LogP contribution in [0.4, 0.5) is 13.2 Å². The minimum atomic E-state index is -4.74. The third kappa shape index (κ3) is 5.99. The van der Waals surface area contributed by atoms with Crippen molar-refractivity contribution in [2.24, 2.45) is 5.14 Å². The van der Waals surface area contributed by atoms with E-state index >= 15 is 0 Å². The monoisotopic (exact) mass is 432 g/mol. The Hall–Kier alpha value is -2.50. The predicted octanol–water partition coefficient (Wildman–Crippen LogP) is 2.73. The predicted molar refractivity (Wildman–Crippen MR) is 97.7 cm³/mol. The number of nitrogens with two attached hydrogens (primary N) is 1. The third-order valence-corrected chi connectivity index (χ3v) is 4.73. The van der Waals surface area contributed by atoms with Crippen molar-refractivity contribution < 1.29 is 35.2 Å². The zero-order chi connectivity index (χ0) is 21.2. The minimum absolute atomic E-state index is 0.0131. The number of fused-ring (bicyclic) bond motifs is 1. The Morgan fingerprint density at radius 2 is 1.86 bits per heavy atom. The van der Waals surface area contributed by atoms with Gasteiger partial charge in [-0.05, 0) is 47.4 Å². The van der Waals surface area contributed by atoms with Crippen molar-refractivity contribution in [3.8, 4) is 17.2 Å². The number of nitrogens with zero attached hydrogens (tertiary/aromatic N) is 1. The lowest BCUT2D eigenvalue weighted by Gasteiger charge is -2.29. The first-order valence-corrected chi connectivity index (χ1v) is 9.98. The Bertz CT molecular complexity index is 995. The van der Waals surface area contributed by atoms with Crippen molar-refractivity contribution in [1.29, 1.82) is 0 Å². The van der Waals surface area contributed by atoms with Crippen molar-refractivity contribution in [1.82, 2.24) is 4.90 Å². The van der Waals surface area contributed by atoms with E-state index in [0.29, 0.717) is 31.6 Å². The van der Waals surface area contributed by atoms with Gasteiger partial charge in [0.1, 0.15) is 5.75 Å². The van der Waals surface area contributed by atoms with Gasteiger partial charge in [0, 0.05) is 19.6 Å². The van der Waals surface area contributed by atoms with Gasteiger partial charge in [-0.1, -0.05) is 12.1 Å². The molecule has 1 heterocycles. The molecule has 7 nitrogen and oxygen atoms in total. The van der Waals surface area contributed by atoms with Crippen LogP contribution in [0.3, 0.4) is 0 Å². The lowest BCUT2D eigenvalue weighted by Crippen LogP contribution is -2.30. The highest BCUT2D eigenvalue weighted by Crippen LogP contribution is 2.34. The first kappa shape index (κ1) is 21.2. The van der Waals surface area contributed by atoms with Crippen LogP contribution in [-0.4, -0.2) is 33.3 Å². The Balaban J connectivity index is 1.75. The Morgan fingerprint density at radius 3 is 2.52 bits per heavy atom. The number of halogens is 3. The van der Waals surface area contributed by atoms with Crippen molar-refractivity contribution in [2.75, 3.05) is 13.7 Å². The van der Waals surface area contributed by atoms with E-state index in [9.17, 15) is 21.6 Å². The zero-order valence-corrected chi connectivity index (χ0v) is 16.2. The molecule has 0 fully saturated rings. The lowest BCUT2D eigenvalue weighted by molar-refractivity contribution is -0.274. The second-order valence-corrected chi connectivity index (χ2v) is 7.66. The van der Waals surface area contributed by atoms with Crippen LogP contribution in [0.2, 0.25) is 0 Å². The normalized spacial score (nSPS) is 14.9. The van der Waals surface area contributed by atoms with Gasteiger partial charge in [0.25, 0.3) is 0 Å². The van der Waals surface area contributed by atoms with Crippen LogP contribution in [0, 0.1) is 0 Å². The highest BCUT2D eigenvalue weighted by molar-refractivity contribution is 7.84. The molecule has 158 valence electrons. The van der Waals surface area contributed by atoms with Crippen molar-refractivity contribution >= 4 is 10.3 Å². The molecule has 29 heavy (non-hydrogen) atoms. The maximum absolute atomic E-state index is 12.4. The number of hydrogen-bond acceptors (Lipinski definition) is 6. The summed E-state index contributed by atoms with van der Waals surface area (Å²) in [6.07, 6.45) is -4.14. The Labute approximate surface area is 166 Å². The second-order valence-electron chi connectivity index (χ2n) is 6.50. The molecule has 0 amide bonds. The summed E-state index contributed by atoms with van der Waals surface area (Å²) in [4.78, 5) is 2.05. The molecule has 2 N–H and O–H groups in total. The van der Waals surface area contributed by atoms with E-state index in [-0.39, 0.29) is 17.2 Å². The number of ether oxygens (including phenoxy) is 2. The topological polar surface area (TPSA) is 91.1 Å². The van der Waals surface area contributed by atoms with Gasteiger partial charge in [-0.2, -0.15) is 13.6 Å². The summed E-state index contributed by atoms with van der Waals surface area (Å²) in [6, 6.07) is 9.09. The molecule has 0 saturated carbocycles. The molecule has 3 rings (SSSR count). The molecule has 1 aliphatic heterocycles. The van der Waals surface area contributed by atoms with E-state index in [0.717, 1.165) is 11.1 Å². The van der Waals surface area contributed by atoms with Gasteiger partial charge < -0.3 is 13.7 Å². The van der Waals surface area contributed by atoms with Gasteiger partial charge in [0.15, 0.2) is 11.5 Å². The molecular formula is C18H19F3N2O5S. The first-order valence-electron chi connectivity index (χ1n) is 8.51. The summed E-state index contributed by atoms with van der Waals surface area (Å²) in [5, 5.41) is 4.93. The van der Waals surface area contributed by atoms with Crippen molar-refractivity contribution in [3.05, 3.63) is 53.1 Å². The minimum Gasteiger partial charge on any atom is -0.493 e. The van der Waals surface area contributed by atoms with Gasteiger partial charge in [-0.15, -0.1) is 13.2 Å². The van der Waals surface area contributed by atoms with Crippen LogP contribution in [0.5, 0.6) is 17.2 Å². The number of benzene rings is 2. The Morgan fingerprint density at radius 1 is 1.14 bits per heavy atom. The number of alkyl halides is 3. The molecule has 0 aliphatic carbocycles. The maximum atomic E-state index is 12.4. The van der Waals surface area contributed by atoms with E-state index in [2.05, 4.69) is 9.64 Å². The Kier molecular flexibility index (Phi) is 5.92. The fourth-order valence-corrected chi connectivity index (χ4v) is 3.59. The van der Waals surface area contributed by atoms with E-state index in [4.69, 9.17) is 14.1 Å². The molecule has 2 aromatic carbocycles. The second kappa shape index (κ2) is 8.09. The van der Waals surface area contributed by atoms with Crippen LogP contribution in [0.15, 0.2) is 36.4 Å². The highest BCUT2D eigenvalue weighted by atomic mass is 32.2. The number of hydrogen-bond donors (Lipinski definition) is 1. The van der Waals surface area contributed by atoms with Crippen molar-refractivity contribution in [2.45, 2.75) is 25.9 Å². The highest BCUT2D eigenvalue weighted by Gasteiger charge is 2.31. The zero-order valence-electron chi connectivity index (χ0n) is 15.4. The molecule has 0 bridgehead atoms. The van der Waals surface area contributed by atoms with Gasteiger partial charge in [0.2, 0.25) is 0 Å². The molecule has 2 aromatic rings. The molecule has 0 atom stereocenters. The van der Waals surface area contributed by atoms with Crippen LogP contribution < -0.4 is 18.8 Å². The van der Waals surface area contributed by atoms with E-state index < -0.39 is 16.7 Å². The molecule has 1 aliphatic rings. The van der Waals surface area contributed by atoms with Crippen LogP contribution in [-0.2, 0) is 29.8 Å². The largest absolute Gasteiger partial charge is 0.573 e. The fraction of sp³-hybridized carbons (Fsp3) is 0.333. The lowest BCUT2D eigenvalue weighted by atomic mass is 9.98. The molecule has 0 saturated heterocycles. The maximum Gasteiger partial charge on any atom is 0.573 e. The average molecular weight is 432 g/mol. The first-order chi connectivity index (χ1) is 13.5. The SMILES string of the molecule is COc1cc2c(cc1OS(N)(=O)=O)CCN(Cc1cccc(OC(F)(F)F)c1)C2. The summed E-state index contributed by atoms with van der Waals surface area (Å²) in [6.45, 7) is 1.55. The average Bonchev–Trinajstić information content (AvgIpc) is 2.59. The van der Waals surface area contributed by atoms with Gasteiger partial charge in [0.05, 0.1) is 7.11 Å². The summed E-state index contributed by atoms with van der Waals surface area (Å²) >= 11 is 0. The standard InChI is InChI=1S/C18H19F3N2O5S/c1-26-16-9-14-11-23(6-5-13(14)8-17(16)28-29(22,24)25)10-12-3-2-4-15(7-12)27-18(19,20)21/h2-4,7-9H,5-6,10-11H2,1H3,(H2,22,24,25). The van der Waals surface area contributed by atoms with Crippen LogP contribution >= 0.6 is 0 Å². The molecule has 0 aromatic heterocycles. The molecule has 0 unspecified atom stereocenters. The molecule has 11 heteroatoms. The smallest absolute Gasteiger partial charge is 0.493 e. The van der Waals surface area contributed by atoms with Crippen LogP contribution in [0.1, 0.15) is 16.7 Å². The molecule has 0 spiro atoms. The van der Waals surface area contributed by atoms with E-state index in [1.54, 1.807) is 18.2 Å². The summed E-state index contributed by atoms with van der Waals surface area (Å²) in [5.74, 6) is -0.0294. The van der Waals surface area contributed by atoms with Crippen LogP contribution in [0.25, 0.3) is 0 Å². The van der Waals surface area contributed by atoms with E-state index in [1.165, 1.54) is 25.3 Å². The van der Waals surface area contributed by atoms with Crippen molar-refractivity contribution in [3.63, 3.8) is 0 Å². The quantitative estimate of drug-likeness (QED) is 0.755. The molecule has 0 radical (unpaired) electrons. The third-order valence-electron chi connectivity index (χ3n) is 4.32.